The number of methoxy groups -OCH3 is 1. The maximum Gasteiger partial charge on any atom is 0.310 e. The van der Waals surface area contributed by atoms with Gasteiger partial charge in [0.05, 0.1) is 18.0 Å². The van der Waals surface area contributed by atoms with Crippen LogP contribution in [-0.2, 0) is 9.53 Å². The Morgan fingerprint density at radius 2 is 2.09 bits per heavy atom. The van der Waals surface area contributed by atoms with Crippen molar-refractivity contribution in [3.05, 3.63) is 39.9 Å². The van der Waals surface area contributed by atoms with Crippen LogP contribution in [-0.4, -0.2) is 41.9 Å². The molecular formula is C16H22N2O5. The molecule has 0 bridgehead atoms. The summed E-state index contributed by atoms with van der Waals surface area (Å²) in [4.78, 5) is 36.0. The zero-order chi connectivity index (χ0) is 17.4. The second-order valence-electron chi connectivity index (χ2n) is 5.34. The fourth-order valence-corrected chi connectivity index (χ4v) is 2.17. The SMILES string of the molecule is CCCCN(CC(C)C(=O)OC)C(=O)c1cccc([N+](=O)[O-])c1. The number of carbonyl (C=O) groups excluding carboxylic acids is 2. The molecule has 1 atom stereocenters. The molecule has 0 saturated heterocycles. The van der Waals surface area contributed by atoms with Crippen molar-refractivity contribution in [2.75, 3.05) is 20.2 Å². The number of amides is 1. The van der Waals surface area contributed by atoms with E-state index in [4.69, 9.17) is 0 Å². The summed E-state index contributed by atoms with van der Waals surface area (Å²) in [5, 5.41) is 10.8. The Morgan fingerprint density at radius 1 is 1.39 bits per heavy atom. The Kier molecular flexibility index (Phi) is 7.18. The van der Waals surface area contributed by atoms with Crippen molar-refractivity contribution in [3.63, 3.8) is 0 Å². The number of hydrogen-bond acceptors (Lipinski definition) is 5. The molecule has 0 saturated carbocycles. The maximum absolute atomic E-state index is 12.6. The monoisotopic (exact) mass is 322 g/mol. The molecule has 0 aliphatic heterocycles. The van der Waals surface area contributed by atoms with E-state index in [2.05, 4.69) is 4.74 Å². The lowest BCUT2D eigenvalue weighted by atomic mass is 10.1. The van der Waals surface area contributed by atoms with Crippen LogP contribution in [0.3, 0.4) is 0 Å². The highest BCUT2D eigenvalue weighted by molar-refractivity contribution is 5.95. The van der Waals surface area contributed by atoms with Gasteiger partial charge in [0.25, 0.3) is 11.6 Å². The first kappa shape index (κ1) is 18.6. The van der Waals surface area contributed by atoms with Gasteiger partial charge < -0.3 is 9.64 Å². The smallest absolute Gasteiger partial charge is 0.310 e. The van der Waals surface area contributed by atoms with Gasteiger partial charge in [-0.15, -0.1) is 0 Å². The van der Waals surface area contributed by atoms with Gasteiger partial charge in [0.15, 0.2) is 0 Å². The van der Waals surface area contributed by atoms with Crippen molar-refractivity contribution >= 4 is 17.6 Å². The molecule has 1 amide bonds. The van der Waals surface area contributed by atoms with Gasteiger partial charge >= 0.3 is 5.97 Å². The number of nitrogens with zero attached hydrogens (tertiary/aromatic N) is 2. The number of esters is 1. The van der Waals surface area contributed by atoms with Crippen LogP contribution in [0.25, 0.3) is 0 Å². The number of carbonyl (C=O) groups is 2. The maximum atomic E-state index is 12.6. The first-order chi connectivity index (χ1) is 10.9. The highest BCUT2D eigenvalue weighted by Gasteiger charge is 2.23. The third-order valence-corrected chi connectivity index (χ3v) is 3.47. The van der Waals surface area contributed by atoms with Crippen LogP contribution in [0.5, 0.6) is 0 Å². The van der Waals surface area contributed by atoms with Crippen LogP contribution in [0, 0.1) is 16.0 Å². The highest BCUT2D eigenvalue weighted by Crippen LogP contribution is 2.16. The first-order valence-electron chi connectivity index (χ1n) is 7.52. The molecule has 0 radical (unpaired) electrons. The van der Waals surface area contributed by atoms with Crippen molar-refractivity contribution in [2.24, 2.45) is 5.92 Å². The zero-order valence-electron chi connectivity index (χ0n) is 13.7. The second-order valence-corrected chi connectivity index (χ2v) is 5.34. The predicted molar refractivity (Wildman–Crippen MR) is 85.1 cm³/mol. The number of benzene rings is 1. The molecule has 126 valence electrons. The van der Waals surface area contributed by atoms with E-state index in [-0.39, 0.29) is 23.7 Å². The van der Waals surface area contributed by atoms with Crippen molar-refractivity contribution in [2.45, 2.75) is 26.7 Å². The molecule has 7 heteroatoms. The van der Waals surface area contributed by atoms with Gasteiger partial charge in [-0.1, -0.05) is 26.3 Å². The van der Waals surface area contributed by atoms with Crippen molar-refractivity contribution < 1.29 is 19.2 Å². The van der Waals surface area contributed by atoms with Crippen LogP contribution < -0.4 is 0 Å². The molecule has 0 spiro atoms. The molecule has 1 aromatic rings. The third-order valence-electron chi connectivity index (χ3n) is 3.47. The number of nitro benzene ring substituents is 1. The Labute approximate surface area is 135 Å². The topological polar surface area (TPSA) is 89.8 Å². The van der Waals surface area contributed by atoms with E-state index in [1.807, 2.05) is 6.92 Å². The fraction of sp³-hybridized carbons (Fsp3) is 0.500. The third kappa shape index (κ3) is 5.36. The van der Waals surface area contributed by atoms with Crippen LogP contribution in [0.4, 0.5) is 5.69 Å². The lowest BCUT2D eigenvalue weighted by Gasteiger charge is -2.25. The summed E-state index contributed by atoms with van der Waals surface area (Å²) >= 11 is 0. The molecule has 1 rings (SSSR count). The zero-order valence-corrected chi connectivity index (χ0v) is 13.7. The van der Waals surface area contributed by atoms with E-state index in [1.54, 1.807) is 11.8 Å². The number of ether oxygens (including phenoxy) is 1. The molecule has 23 heavy (non-hydrogen) atoms. The Balaban J connectivity index is 2.96. The Morgan fingerprint density at radius 3 is 2.65 bits per heavy atom. The second kappa shape index (κ2) is 8.87. The minimum atomic E-state index is -0.537. The van der Waals surface area contributed by atoms with Gasteiger partial charge in [-0.05, 0) is 12.5 Å². The van der Waals surface area contributed by atoms with Crippen LogP contribution in [0.2, 0.25) is 0 Å². The van der Waals surface area contributed by atoms with E-state index in [0.717, 1.165) is 12.8 Å². The average Bonchev–Trinajstić information content (AvgIpc) is 2.56. The summed E-state index contributed by atoms with van der Waals surface area (Å²) in [5.41, 5.74) is 0.111. The summed E-state index contributed by atoms with van der Waals surface area (Å²) < 4.78 is 4.69. The molecule has 1 unspecified atom stereocenters. The van der Waals surface area contributed by atoms with E-state index < -0.39 is 16.8 Å². The van der Waals surface area contributed by atoms with Crippen molar-refractivity contribution in [1.29, 1.82) is 0 Å². The molecule has 0 aromatic heterocycles. The number of rotatable bonds is 8. The van der Waals surface area contributed by atoms with Crippen LogP contribution in [0.15, 0.2) is 24.3 Å². The summed E-state index contributed by atoms with van der Waals surface area (Å²) in [7, 11) is 1.30. The minimum absolute atomic E-state index is 0.132. The van der Waals surface area contributed by atoms with Crippen LogP contribution >= 0.6 is 0 Å². The summed E-state index contributed by atoms with van der Waals surface area (Å²) in [6.45, 7) is 4.39. The summed E-state index contributed by atoms with van der Waals surface area (Å²) in [6, 6.07) is 5.61. The van der Waals surface area contributed by atoms with Crippen molar-refractivity contribution in [3.8, 4) is 0 Å². The lowest BCUT2D eigenvalue weighted by Crippen LogP contribution is -2.38. The average molecular weight is 322 g/mol. The summed E-state index contributed by atoms with van der Waals surface area (Å²) in [5.74, 6) is -1.17. The lowest BCUT2D eigenvalue weighted by molar-refractivity contribution is -0.384. The van der Waals surface area contributed by atoms with Gasteiger partial charge in [-0.3, -0.25) is 19.7 Å². The molecule has 0 N–H and O–H groups in total. The van der Waals surface area contributed by atoms with Crippen molar-refractivity contribution in [1.82, 2.24) is 4.90 Å². The normalized spacial score (nSPS) is 11.6. The van der Waals surface area contributed by atoms with Crippen LogP contribution in [0.1, 0.15) is 37.0 Å². The largest absolute Gasteiger partial charge is 0.469 e. The van der Waals surface area contributed by atoms with Gasteiger partial charge in [-0.25, -0.2) is 0 Å². The molecule has 1 aromatic carbocycles. The molecular weight excluding hydrogens is 300 g/mol. The Hall–Kier alpha value is -2.44. The molecule has 0 aliphatic carbocycles. The number of nitro groups is 1. The standard InChI is InChI=1S/C16H22N2O5/c1-4-5-9-17(11-12(2)16(20)23-3)15(19)13-7-6-8-14(10-13)18(21)22/h6-8,10,12H,4-5,9,11H2,1-3H3. The first-order valence-corrected chi connectivity index (χ1v) is 7.52. The molecule has 0 heterocycles. The number of non-ortho nitro benzene ring substituents is 1. The van der Waals surface area contributed by atoms with Gasteiger partial charge in [0, 0.05) is 30.8 Å². The highest BCUT2D eigenvalue weighted by atomic mass is 16.6. The molecule has 7 nitrogen and oxygen atoms in total. The predicted octanol–water partition coefficient (Wildman–Crippen LogP) is 2.65. The number of unbranched alkanes of at least 4 members (excludes halogenated alkanes) is 1. The molecule has 0 aliphatic rings. The van der Waals surface area contributed by atoms with Gasteiger partial charge in [-0.2, -0.15) is 0 Å². The number of hydrogen-bond donors (Lipinski definition) is 0. The Bertz CT molecular complexity index is 573. The summed E-state index contributed by atoms with van der Waals surface area (Å²) in [6.07, 6.45) is 1.68. The van der Waals surface area contributed by atoms with E-state index >= 15 is 0 Å². The fourth-order valence-electron chi connectivity index (χ4n) is 2.17. The van der Waals surface area contributed by atoms with E-state index in [0.29, 0.717) is 6.54 Å². The van der Waals surface area contributed by atoms with Gasteiger partial charge in [0.1, 0.15) is 0 Å². The quantitative estimate of drug-likeness (QED) is 0.417. The minimum Gasteiger partial charge on any atom is -0.469 e. The van der Waals surface area contributed by atoms with E-state index in [9.17, 15) is 19.7 Å². The van der Waals surface area contributed by atoms with E-state index in [1.165, 1.54) is 31.4 Å². The molecule has 0 fully saturated rings. The van der Waals surface area contributed by atoms with Gasteiger partial charge in [0.2, 0.25) is 0 Å².